The van der Waals surface area contributed by atoms with Gasteiger partial charge in [-0.2, -0.15) is 5.10 Å². The summed E-state index contributed by atoms with van der Waals surface area (Å²) in [6.07, 6.45) is 5.71. The minimum absolute atomic E-state index is 0.164. The van der Waals surface area contributed by atoms with E-state index in [0.717, 1.165) is 36.1 Å². The first kappa shape index (κ1) is 17.8. The zero-order chi connectivity index (χ0) is 19.5. The van der Waals surface area contributed by atoms with E-state index in [1.165, 1.54) is 0 Å². The Morgan fingerprint density at radius 3 is 2.86 bits per heavy atom. The lowest BCUT2D eigenvalue weighted by Crippen LogP contribution is -2.33. The fourth-order valence-electron chi connectivity index (χ4n) is 3.59. The van der Waals surface area contributed by atoms with Gasteiger partial charge in [-0.1, -0.05) is 24.3 Å². The summed E-state index contributed by atoms with van der Waals surface area (Å²) >= 11 is 0. The average Bonchev–Trinajstić information content (AvgIpc) is 3.44. The summed E-state index contributed by atoms with van der Waals surface area (Å²) in [5.74, 6) is 1.22. The molecule has 4 heterocycles. The number of hydrogen-bond acceptors (Lipinski definition) is 7. The Hall–Kier alpha value is -3.32. The molecule has 3 aromatic heterocycles. The van der Waals surface area contributed by atoms with E-state index in [2.05, 4.69) is 20.1 Å². The van der Waals surface area contributed by atoms with Crippen LogP contribution in [0.3, 0.4) is 0 Å². The summed E-state index contributed by atoms with van der Waals surface area (Å²) < 4.78 is 11.8. The molecule has 1 atom stereocenters. The monoisotopic (exact) mass is 387 g/mol. The van der Waals surface area contributed by atoms with Crippen molar-refractivity contribution in [3.8, 4) is 11.5 Å². The summed E-state index contributed by atoms with van der Waals surface area (Å²) in [4.78, 5) is 11.3. The number of furan rings is 1. The highest BCUT2D eigenvalue weighted by atomic mass is 16.5. The maximum absolute atomic E-state index is 5.95. The van der Waals surface area contributed by atoms with E-state index < -0.39 is 0 Å². The van der Waals surface area contributed by atoms with Crippen LogP contribution in [0.25, 0.3) is 22.4 Å². The number of ether oxygens (including phenoxy) is 1. The van der Waals surface area contributed by atoms with E-state index in [1.54, 1.807) is 12.4 Å². The Bertz CT molecular complexity index is 1060. The first-order valence-electron chi connectivity index (χ1n) is 9.80. The molecule has 29 heavy (non-hydrogen) atoms. The second-order valence-corrected chi connectivity index (χ2v) is 7.13. The van der Waals surface area contributed by atoms with E-state index in [1.807, 2.05) is 48.5 Å². The lowest BCUT2D eigenvalue weighted by atomic mass is 10.2. The van der Waals surface area contributed by atoms with Crippen molar-refractivity contribution in [1.29, 1.82) is 0 Å². The van der Waals surface area contributed by atoms with Crippen LogP contribution in [-0.2, 0) is 11.3 Å². The van der Waals surface area contributed by atoms with Gasteiger partial charge in [-0.05, 0) is 37.1 Å². The quantitative estimate of drug-likeness (QED) is 0.497. The summed E-state index contributed by atoms with van der Waals surface area (Å²) in [7, 11) is 0. The lowest BCUT2D eigenvalue weighted by molar-refractivity contribution is 0.115. The summed E-state index contributed by atoms with van der Waals surface area (Å²) in [5, 5.41) is 9.52. The zero-order valence-electron chi connectivity index (χ0n) is 15.9. The summed E-state index contributed by atoms with van der Waals surface area (Å²) in [6.45, 7) is 2.09. The Balaban J connectivity index is 1.47. The third kappa shape index (κ3) is 3.95. The number of anilines is 1. The van der Waals surface area contributed by atoms with Gasteiger partial charge in [-0.3, -0.25) is 4.98 Å². The number of para-hydroxylation sites is 1. The molecule has 1 aliphatic heterocycles. The number of fused-ring (bicyclic) bond motifs is 1. The molecule has 7 nitrogen and oxygen atoms in total. The third-order valence-electron chi connectivity index (χ3n) is 5.04. The molecule has 0 bridgehead atoms. The number of rotatable bonds is 6. The van der Waals surface area contributed by atoms with Crippen LogP contribution in [-0.4, -0.2) is 39.4 Å². The van der Waals surface area contributed by atoms with Gasteiger partial charge in [0.1, 0.15) is 11.3 Å². The summed E-state index contributed by atoms with van der Waals surface area (Å²) in [6, 6.07) is 15.8. The minimum Gasteiger partial charge on any atom is -0.454 e. The molecule has 0 N–H and O–H groups in total. The van der Waals surface area contributed by atoms with Crippen molar-refractivity contribution in [3.63, 3.8) is 0 Å². The Morgan fingerprint density at radius 1 is 1.10 bits per heavy atom. The molecule has 1 fully saturated rings. The highest BCUT2D eigenvalue weighted by molar-refractivity contribution is 5.82. The van der Waals surface area contributed by atoms with Gasteiger partial charge in [-0.25, -0.2) is 4.98 Å². The topological polar surface area (TPSA) is 77.2 Å². The smallest absolute Gasteiger partial charge is 0.246 e. The standard InChI is InChI=1S/C22H21N5O2/c1-2-9-20-16(6-1)12-21(29-20)19-13-24-26-22(25-19)27(15-18-8-5-11-28-18)14-17-7-3-4-10-23-17/h1-4,6-7,9-10,12-13,18H,5,8,11,14-15H2/t18-/m0/s1. The van der Waals surface area contributed by atoms with E-state index in [-0.39, 0.29) is 6.10 Å². The molecule has 0 unspecified atom stereocenters. The van der Waals surface area contributed by atoms with Crippen molar-refractivity contribution >= 4 is 16.9 Å². The van der Waals surface area contributed by atoms with Gasteiger partial charge in [0, 0.05) is 24.7 Å². The van der Waals surface area contributed by atoms with Crippen LogP contribution in [0.2, 0.25) is 0 Å². The van der Waals surface area contributed by atoms with Gasteiger partial charge < -0.3 is 14.1 Å². The van der Waals surface area contributed by atoms with E-state index in [9.17, 15) is 0 Å². The van der Waals surface area contributed by atoms with Crippen molar-refractivity contribution < 1.29 is 9.15 Å². The molecule has 0 spiro atoms. The van der Waals surface area contributed by atoms with Crippen molar-refractivity contribution in [1.82, 2.24) is 20.2 Å². The predicted molar refractivity (Wildman–Crippen MR) is 109 cm³/mol. The first-order valence-corrected chi connectivity index (χ1v) is 9.80. The van der Waals surface area contributed by atoms with E-state index in [4.69, 9.17) is 14.1 Å². The highest BCUT2D eigenvalue weighted by Gasteiger charge is 2.22. The first-order chi connectivity index (χ1) is 14.3. The fourth-order valence-corrected chi connectivity index (χ4v) is 3.59. The summed E-state index contributed by atoms with van der Waals surface area (Å²) in [5.41, 5.74) is 2.43. The molecule has 1 aliphatic rings. The average molecular weight is 387 g/mol. The van der Waals surface area contributed by atoms with Crippen LogP contribution in [0.15, 0.2) is 65.3 Å². The van der Waals surface area contributed by atoms with Gasteiger partial charge >= 0.3 is 0 Å². The van der Waals surface area contributed by atoms with Gasteiger partial charge in [0.05, 0.1) is 24.5 Å². The normalized spacial score (nSPS) is 16.3. The zero-order valence-corrected chi connectivity index (χ0v) is 15.9. The number of pyridine rings is 1. The van der Waals surface area contributed by atoms with Crippen LogP contribution in [0, 0.1) is 0 Å². The molecule has 4 aromatic rings. The van der Waals surface area contributed by atoms with Gasteiger partial charge in [0.15, 0.2) is 5.76 Å². The van der Waals surface area contributed by atoms with Gasteiger partial charge in [0.25, 0.3) is 0 Å². The molecular weight excluding hydrogens is 366 g/mol. The molecular formula is C22H21N5O2. The molecule has 7 heteroatoms. The van der Waals surface area contributed by atoms with Gasteiger partial charge in [0.2, 0.25) is 5.95 Å². The van der Waals surface area contributed by atoms with E-state index in [0.29, 0.717) is 30.5 Å². The second-order valence-electron chi connectivity index (χ2n) is 7.13. The number of nitrogens with zero attached hydrogens (tertiary/aromatic N) is 5. The molecule has 0 saturated carbocycles. The number of hydrogen-bond donors (Lipinski definition) is 0. The van der Waals surface area contributed by atoms with Gasteiger partial charge in [-0.15, -0.1) is 5.10 Å². The van der Waals surface area contributed by atoms with Crippen LogP contribution in [0.1, 0.15) is 18.5 Å². The molecule has 0 amide bonds. The van der Waals surface area contributed by atoms with Crippen LogP contribution >= 0.6 is 0 Å². The SMILES string of the molecule is c1ccc(CN(C[C@@H]2CCCO2)c2nncc(-c3cc4ccccc4o3)n2)nc1. The highest BCUT2D eigenvalue weighted by Crippen LogP contribution is 2.27. The fraction of sp³-hybridized carbons (Fsp3) is 0.273. The van der Waals surface area contributed by atoms with Crippen molar-refractivity contribution in [2.75, 3.05) is 18.1 Å². The van der Waals surface area contributed by atoms with Crippen molar-refractivity contribution in [2.24, 2.45) is 0 Å². The molecule has 1 saturated heterocycles. The molecule has 1 aromatic carbocycles. The Morgan fingerprint density at radius 2 is 2.03 bits per heavy atom. The maximum Gasteiger partial charge on any atom is 0.246 e. The van der Waals surface area contributed by atoms with Crippen molar-refractivity contribution in [3.05, 3.63) is 66.6 Å². The molecule has 0 aliphatic carbocycles. The Kier molecular flexibility index (Phi) is 4.88. The second kappa shape index (κ2) is 7.97. The van der Waals surface area contributed by atoms with Crippen LogP contribution in [0.5, 0.6) is 0 Å². The molecule has 0 radical (unpaired) electrons. The number of benzene rings is 1. The number of aromatic nitrogens is 4. The van der Waals surface area contributed by atoms with Crippen LogP contribution < -0.4 is 4.90 Å². The maximum atomic E-state index is 5.95. The Labute approximate surface area is 168 Å². The third-order valence-corrected chi connectivity index (χ3v) is 5.04. The molecule has 146 valence electrons. The minimum atomic E-state index is 0.164. The van der Waals surface area contributed by atoms with Crippen LogP contribution in [0.4, 0.5) is 5.95 Å². The lowest BCUT2D eigenvalue weighted by Gasteiger charge is -2.24. The predicted octanol–water partition coefficient (Wildman–Crippen LogP) is 3.87. The van der Waals surface area contributed by atoms with Crippen molar-refractivity contribution in [2.45, 2.75) is 25.5 Å². The van der Waals surface area contributed by atoms with E-state index >= 15 is 0 Å². The largest absolute Gasteiger partial charge is 0.454 e. The molecule has 5 rings (SSSR count).